The first-order valence-electron chi connectivity index (χ1n) is 8.88. The monoisotopic (exact) mass is 397 g/mol. The Morgan fingerprint density at radius 3 is 2.39 bits per heavy atom. The lowest BCUT2D eigenvalue weighted by Crippen LogP contribution is -2.33. The number of aromatic hydroxyl groups is 1. The molecule has 3 rings (SSSR count). The first kappa shape index (κ1) is 19.6. The second kappa shape index (κ2) is 8.27. The molecule has 144 valence electrons. The summed E-state index contributed by atoms with van der Waals surface area (Å²) in [7, 11) is 0. The molecule has 3 aromatic rings. The van der Waals surface area contributed by atoms with E-state index in [4.69, 9.17) is 11.6 Å². The minimum atomic E-state index is -0.736. The molecule has 1 aromatic heterocycles. The van der Waals surface area contributed by atoms with Crippen molar-refractivity contribution in [2.75, 3.05) is 0 Å². The Labute approximate surface area is 166 Å². The van der Waals surface area contributed by atoms with Crippen molar-refractivity contribution in [3.8, 4) is 11.6 Å². The lowest BCUT2D eigenvalue weighted by atomic mass is 10.1. The summed E-state index contributed by atoms with van der Waals surface area (Å²) in [5.74, 6) is -0.447. The van der Waals surface area contributed by atoms with Gasteiger partial charge < -0.3 is 5.11 Å². The second-order valence-corrected chi connectivity index (χ2v) is 6.72. The van der Waals surface area contributed by atoms with E-state index in [1.165, 1.54) is 0 Å². The zero-order valence-corrected chi connectivity index (χ0v) is 16.3. The Balaban J connectivity index is 2.16. The molecule has 0 spiro atoms. The Kier molecular flexibility index (Phi) is 5.80. The van der Waals surface area contributed by atoms with E-state index < -0.39 is 17.1 Å². The van der Waals surface area contributed by atoms with Crippen LogP contribution in [0, 0.1) is 0 Å². The van der Waals surface area contributed by atoms with Gasteiger partial charge in [-0.25, -0.2) is 9.36 Å². The molecule has 0 aliphatic rings. The van der Waals surface area contributed by atoms with Gasteiger partial charge in [-0.05, 0) is 43.2 Å². The van der Waals surface area contributed by atoms with Crippen LogP contribution in [0.3, 0.4) is 0 Å². The minimum Gasteiger partial charge on any atom is -0.493 e. The molecule has 0 saturated heterocycles. The molecule has 1 atom stereocenters. The summed E-state index contributed by atoms with van der Waals surface area (Å²) < 4.78 is 1.03. The highest BCUT2D eigenvalue weighted by Crippen LogP contribution is 2.23. The Hall–Kier alpha value is -3.12. The number of aromatic amines is 1. The highest BCUT2D eigenvalue weighted by molar-refractivity contribution is 6.30. The fraction of sp³-hybridized carbons (Fsp3) is 0.190. The number of aliphatic imine (C=N–C) groups is 1. The van der Waals surface area contributed by atoms with Crippen molar-refractivity contribution < 1.29 is 5.11 Å². The number of halogens is 1. The van der Waals surface area contributed by atoms with Gasteiger partial charge in [0.25, 0.3) is 5.56 Å². The van der Waals surface area contributed by atoms with Gasteiger partial charge in [-0.1, -0.05) is 48.9 Å². The minimum absolute atomic E-state index is 0.0140. The molecule has 0 unspecified atom stereocenters. The third-order valence-corrected chi connectivity index (χ3v) is 4.68. The van der Waals surface area contributed by atoms with Crippen LogP contribution in [0.2, 0.25) is 5.02 Å². The Bertz CT molecular complexity index is 1120. The average molecular weight is 398 g/mol. The highest BCUT2D eigenvalue weighted by atomic mass is 35.5. The van der Waals surface area contributed by atoms with Crippen LogP contribution in [0.5, 0.6) is 5.88 Å². The van der Waals surface area contributed by atoms with Crippen LogP contribution in [-0.2, 0) is 0 Å². The summed E-state index contributed by atoms with van der Waals surface area (Å²) in [4.78, 5) is 31.7. The van der Waals surface area contributed by atoms with E-state index in [0.29, 0.717) is 22.8 Å². The number of nitrogens with one attached hydrogen (secondary N) is 1. The number of nitrogens with zero attached hydrogens (tertiary/aromatic N) is 2. The average Bonchev–Trinajstić information content (AvgIpc) is 2.68. The van der Waals surface area contributed by atoms with Crippen LogP contribution in [0.25, 0.3) is 5.69 Å². The van der Waals surface area contributed by atoms with E-state index in [0.717, 1.165) is 10.1 Å². The predicted octanol–water partition coefficient (Wildman–Crippen LogP) is 3.85. The third-order valence-electron chi connectivity index (χ3n) is 4.43. The van der Waals surface area contributed by atoms with E-state index in [1.807, 2.05) is 44.2 Å². The molecule has 2 N–H and O–H groups in total. The Morgan fingerprint density at radius 1 is 1.14 bits per heavy atom. The van der Waals surface area contributed by atoms with Crippen LogP contribution < -0.4 is 11.2 Å². The van der Waals surface area contributed by atoms with Gasteiger partial charge >= 0.3 is 5.69 Å². The summed E-state index contributed by atoms with van der Waals surface area (Å²) in [6.07, 6.45) is 0.409. The largest absolute Gasteiger partial charge is 0.493 e. The van der Waals surface area contributed by atoms with Gasteiger partial charge in [0.15, 0.2) is 0 Å². The van der Waals surface area contributed by atoms with Crippen molar-refractivity contribution in [1.29, 1.82) is 0 Å². The maximum Gasteiger partial charge on any atom is 0.335 e. The maximum atomic E-state index is 12.5. The molecular weight excluding hydrogens is 378 g/mol. The van der Waals surface area contributed by atoms with Crippen molar-refractivity contribution in [3.63, 3.8) is 0 Å². The van der Waals surface area contributed by atoms with Crippen molar-refractivity contribution in [2.45, 2.75) is 26.3 Å². The SMILES string of the molecule is CCC(=N[C@H](C)c1ccccc1)c1c(O)n(-c2ccc(Cl)cc2)c(=O)[nH]c1=O. The van der Waals surface area contributed by atoms with Gasteiger partial charge in [-0.2, -0.15) is 0 Å². The van der Waals surface area contributed by atoms with Gasteiger partial charge in [0.2, 0.25) is 5.88 Å². The normalized spacial score (nSPS) is 12.8. The standard InChI is InChI=1S/C21H20ClN3O3/c1-3-17(23-13(2)14-7-5-4-6-8-14)18-19(26)24-21(28)25(20(18)27)16-11-9-15(22)10-12-16/h4-13,27H,3H2,1-2H3,(H,24,26,28)/t13-/m1/s1. The van der Waals surface area contributed by atoms with Gasteiger partial charge in [0, 0.05) is 5.02 Å². The molecule has 2 aromatic carbocycles. The molecule has 0 radical (unpaired) electrons. The molecule has 0 aliphatic heterocycles. The zero-order valence-electron chi connectivity index (χ0n) is 15.5. The summed E-state index contributed by atoms with van der Waals surface area (Å²) in [5.41, 5.74) is 0.359. The first-order chi connectivity index (χ1) is 13.4. The number of aromatic nitrogens is 2. The Morgan fingerprint density at radius 2 is 1.79 bits per heavy atom. The van der Waals surface area contributed by atoms with Crippen LogP contribution in [0.4, 0.5) is 0 Å². The van der Waals surface area contributed by atoms with Gasteiger partial charge in [-0.15, -0.1) is 0 Å². The number of benzene rings is 2. The topological polar surface area (TPSA) is 87.4 Å². The van der Waals surface area contributed by atoms with E-state index in [-0.39, 0.29) is 11.6 Å². The fourth-order valence-electron chi connectivity index (χ4n) is 2.99. The van der Waals surface area contributed by atoms with Crippen molar-refractivity contribution in [2.24, 2.45) is 4.99 Å². The molecule has 0 fully saturated rings. The van der Waals surface area contributed by atoms with Gasteiger partial charge in [0.05, 0.1) is 17.4 Å². The zero-order chi connectivity index (χ0) is 20.3. The van der Waals surface area contributed by atoms with Crippen molar-refractivity contribution >= 4 is 17.3 Å². The van der Waals surface area contributed by atoms with Crippen LogP contribution >= 0.6 is 11.6 Å². The number of hydrogen-bond acceptors (Lipinski definition) is 4. The molecule has 0 amide bonds. The predicted molar refractivity (Wildman–Crippen MR) is 111 cm³/mol. The van der Waals surface area contributed by atoms with E-state index in [2.05, 4.69) is 9.98 Å². The molecule has 1 heterocycles. The summed E-state index contributed by atoms with van der Waals surface area (Å²) in [6.45, 7) is 3.75. The number of hydrogen-bond donors (Lipinski definition) is 2. The fourth-order valence-corrected chi connectivity index (χ4v) is 3.11. The van der Waals surface area contributed by atoms with Crippen LogP contribution in [-0.4, -0.2) is 20.4 Å². The molecule has 7 heteroatoms. The van der Waals surface area contributed by atoms with Crippen LogP contribution in [0.1, 0.15) is 37.4 Å². The number of H-pyrrole nitrogens is 1. The summed E-state index contributed by atoms with van der Waals surface area (Å²) >= 11 is 5.90. The summed E-state index contributed by atoms with van der Waals surface area (Å²) in [5, 5.41) is 11.3. The summed E-state index contributed by atoms with van der Waals surface area (Å²) in [6, 6.07) is 15.8. The van der Waals surface area contributed by atoms with Crippen LogP contribution in [0.15, 0.2) is 69.2 Å². The number of rotatable bonds is 5. The molecule has 6 nitrogen and oxygen atoms in total. The highest BCUT2D eigenvalue weighted by Gasteiger charge is 2.20. The maximum absolute atomic E-state index is 12.5. The van der Waals surface area contributed by atoms with E-state index >= 15 is 0 Å². The van der Waals surface area contributed by atoms with Gasteiger partial charge in [0.1, 0.15) is 5.56 Å². The molecular formula is C21H20ClN3O3. The molecule has 28 heavy (non-hydrogen) atoms. The van der Waals surface area contributed by atoms with E-state index in [1.54, 1.807) is 24.3 Å². The van der Waals surface area contributed by atoms with Gasteiger partial charge in [-0.3, -0.25) is 14.8 Å². The first-order valence-corrected chi connectivity index (χ1v) is 9.26. The molecule has 0 bridgehead atoms. The third kappa shape index (κ3) is 3.92. The van der Waals surface area contributed by atoms with Crippen molar-refractivity contribution in [1.82, 2.24) is 9.55 Å². The smallest absolute Gasteiger partial charge is 0.335 e. The lowest BCUT2D eigenvalue weighted by molar-refractivity contribution is 0.429. The molecule has 0 saturated carbocycles. The molecule has 0 aliphatic carbocycles. The van der Waals surface area contributed by atoms with E-state index in [9.17, 15) is 14.7 Å². The van der Waals surface area contributed by atoms with Crippen molar-refractivity contribution in [3.05, 3.63) is 91.6 Å². The quantitative estimate of drug-likeness (QED) is 0.641. The second-order valence-electron chi connectivity index (χ2n) is 6.29. The lowest BCUT2D eigenvalue weighted by Gasteiger charge is -2.14.